The molecular weight excluding hydrogens is 425 g/mol. The molecule has 4 aliphatic carbocycles. The molecule has 33 heavy (non-hydrogen) atoms. The molecule has 5 heteroatoms. The summed E-state index contributed by atoms with van der Waals surface area (Å²) in [6.07, 6.45) is 5.37. The summed E-state index contributed by atoms with van der Waals surface area (Å²) in [6.45, 7) is 11.1. The number of halogens is 3. The van der Waals surface area contributed by atoms with Crippen molar-refractivity contribution in [2.45, 2.75) is 130 Å². The van der Waals surface area contributed by atoms with Crippen molar-refractivity contribution in [3.05, 3.63) is 0 Å². The highest BCUT2D eigenvalue weighted by atomic mass is 19.4. The van der Waals surface area contributed by atoms with E-state index in [1.807, 2.05) is 0 Å². The minimum absolute atomic E-state index is 0.0143. The molecule has 4 fully saturated rings. The van der Waals surface area contributed by atoms with Gasteiger partial charge in [0.15, 0.2) is 5.60 Å². The minimum Gasteiger partial charge on any atom is -0.393 e. The third-order valence-electron chi connectivity index (χ3n) is 11.5. The maximum atomic E-state index is 13.6. The molecule has 0 spiro atoms. The second kappa shape index (κ2) is 8.39. The summed E-state index contributed by atoms with van der Waals surface area (Å²) in [6, 6.07) is 0. The first-order chi connectivity index (χ1) is 15.1. The first-order valence-corrected chi connectivity index (χ1v) is 13.6. The number of rotatable bonds is 4. The zero-order valence-corrected chi connectivity index (χ0v) is 21.5. The van der Waals surface area contributed by atoms with Crippen LogP contribution in [0.4, 0.5) is 13.2 Å². The van der Waals surface area contributed by atoms with E-state index in [2.05, 4.69) is 34.6 Å². The van der Waals surface area contributed by atoms with Crippen LogP contribution in [0.15, 0.2) is 0 Å². The molecule has 0 bridgehead atoms. The van der Waals surface area contributed by atoms with Gasteiger partial charge in [0, 0.05) is 0 Å². The summed E-state index contributed by atoms with van der Waals surface area (Å²) < 4.78 is 40.7. The van der Waals surface area contributed by atoms with Gasteiger partial charge in [-0.1, -0.05) is 41.0 Å². The molecule has 8 unspecified atom stereocenters. The molecule has 0 aromatic rings. The Balaban J connectivity index is 1.43. The molecule has 4 rings (SSSR count). The van der Waals surface area contributed by atoms with Crippen LogP contribution in [0.2, 0.25) is 0 Å². The summed E-state index contributed by atoms with van der Waals surface area (Å²) in [5.41, 5.74) is -2.26. The lowest BCUT2D eigenvalue weighted by Gasteiger charge is -2.62. The highest BCUT2D eigenvalue weighted by molar-refractivity contribution is 5.11. The Kier molecular flexibility index (Phi) is 6.56. The predicted octanol–water partition coefficient (Wildman–Crippen LogP) is 7.52. The van der Waals surface area contributed by atoms with Gasteiger partial charge in [0.25, 0.3) is 0 Å². The quantitative estimate of drug-likeness (QED) is 0.444. The Morgan fingerprint density at radius 1 is 0.879 bits per heavy atom. The highest BCUT2D eigenvalue weighted by Crippen LogP contribution is 2.69. The first kappa shape index (κ1) is 25.8. The number of fused-ring (bicyclic) bond motifs is 5. The molecule has 0 heterocycles. The fourth-order valence-electron chi connectivity index (χ4n) is 9.08. The van der Waals surface area contributed by atoms with Crippen molar-refractivity contribution in [2.75, 3.05) is 0 Å². The van der Waals surface area contributed by atoms with Crippen LogP contribution in [0, 0.1) is 45.8 Å². The Morgan fingerprint density at radius 3 is 2.18 bits per heavy atom. The molecule has 0 radical (unpaired) electrons. The van der Waals surface area contributed by atoms with Crippen LogP contribution in [0.25, 0.3) is 0 Å². The van der Waals surface area contributed by atoms with Crippen molar-refractivity contribution in [2.24, 2.45) is 45.8 Å². The van der Waals surface area contributed by atoms with Crippen LogP contribution in [0.3, 0.4) is 0 Å². The fraction of sp³-hybridized carbons (Fsp3) is 1.00. The Morgan fingerprint density at radius 2 is 1.55 bits per heavy atom. The van der Waals surface area contributed by atoms with Crippen molar-refractivity contribution in [1.82, 2.24) is 0 Å². The van der Waals surface area contributed by atoms with Crippen LogP contribution in [0.5, 0.6) is 0 Å². The first-order valence-electron chi connectivity index (χ1n) is 13.6. The molecule has 0 aromatic heterocycles. The number of aliphatic hydroxyl groups excluding tert-OH is 1. The van der Waals surface area contributed by atoms with E-state index in [1.165, 1.54) is 25.7 Å². The van der Waals surface area contributed by atoms with Crippen molar-refractivity contribution in [1.29, 1.82) is 0 Å². The molecule has 0 aliphatic heterocycles. The normalized spacial score (nSPS) is 46.9. The van der Waals surface area contributed by atoms with Crippen LogP contribution >= 0.6 is 0 Å². The van der Waals surface area contributed by atoms with E-state index in [-0.39, 0.29) is 35.7 Å². The Bertz CT molecular complexity index is 715. The third-order valence-corrected chi connectivity index (χ3v) is 11.5. The van der Waals surface area contributed by atoms with Gasteiger partial charge in [-0.05, 0) is 116 Å². The lowest BCUT2D eigenvalue weighted by atomic mass is 9.43. The largest absolute Gasteiger partial charge is 0.417 e. The van der Waals surface area contributed by atoms with Crippen molar-refractivity contribution < 1.29 is 23.4 Å². The SMILES string of the molecule is CC(C)(C)C(O)CCCC1CCC2C3CCC4C[C@](O)(C(F)(F)F)CCC4(C)C3CCC12C. The van der Waals surface area contributed by atoms with Gasteiger partial charge in [-0.3, -0.25) is 0 Å². The molecule has 4 saturated carbocycles. The van der Waals surface area contributed by atoms with Crippen molar-refractivity contribution >= 4 is 0 Å². The average Bonchev–Trinajstić information content (AvgIpc) is 3.03. The van der Waals surface area contributed by atoms with Gasteiger partial charge in [-0.25, -0.2) is 0 Å². The topological polar surface area (TPSA) is 40.5 Å². The maximum absolute atomic E-state index is 13.6. The minimum atomic E-state index is -4.52. The summed E-state index contributed by atoms with van der Waals surface area (Å²) in [4.78, 5) is 0. The fourth-order valence-corrected chi connectivity index (χ4v) is 9.08. The van der Waals surface area contributed by atoms with Crippen LogP contribution < -0.4 is 0 Å². The molecule has 192 valence electrons. The number of hydrogen-bond acceptors (Lipinski definition) is 2. The maximum Gasteiger partial charge on any atom is 0.417 e. The smallest absolute Gasteiger partial charge is 0.393 e. The van der Waals surface area contributed by atoms with Gasteiger partial charge in [0.1, 0.15) is 0 Å². The molecule has 0 aromatic carbocycles. The van der Waals surface area contributed by atoms with Gasteiger partial charge >= 0.3 is 6.18 Å². The van der Waals surface area contributed by atoms with E-state index >= 15 is 0 Å². The molecule has 0 saturated heterocycles. The molecule has 9 atom stereocenters. The van der Waals surface area contributed by atoms with Gasteiger partial charge in [-0.2, -0.15) is 13.2 Å². The average molecular weight is 473 g/mol. The number of alkyl halides is 3. The molecular formula is C28H47F3O2. The monoisotopic (exact) mass is 472 g/mol. The predicted molar refractivity (Wildman–Crippen MR) is 126 cm³/mol. The van der Waals surface area contributed by atoms with Gasteiger partial charge < -0.3 is 10.2 Å². The second-order valence-corrected chi connectivity index (χ2v) is 14.0. The summed E-state index contributed by atoms with van der Waals surface area (Å²) in [5, 5.41) is 20.9. The van der Waals surface area contributed by atoms with Crippen LogP contribution in [0.1, 0.15) is 112 Å². The number of aliphatic hydroxyl groups is 2. The van der Waals surface area contributed by atoms with Crippen molar-refractivity contribution in [3.63, 3.8) is 0 Å². The van der Waals surface area contributed by atoms with Crippen LogP contribution in [-0.2, 0) is 0 Å². The van der Waals surface area contributed by atoms with Gasteiger partial charge in [0.05, 0.1) is 6.10 Å². The Hall–Kier alpha value is -0.290. The van der Waals surface area contributed by atoms with Crippen molar-refractivity contribution in [3.8, 4) is 0 Å². The van der Waals surface area contributed by atoms with E-state index in [9.17, 15) is 23.4 Å². The number of hydrogen-bond donors (Lipinski definition) is 2. The van der Waals surface area contributed by atoms with E-state index < -0.39 is 11.8 Å². The standard InChI is InChI=1S/C28H47F3O2/c1-24(2,3)23(32)8-6-7-18-10-12-21-20-11-9-19-17-27(33,28(29,30)31)16-15-26(19,5)22(20)13-14-25(18,21)4/h18-23,32-33H,6-17H2,1-5H3/t18?,19?,20?,21?,22?,23?,25?,26?,27-/m0/s1. The van der Waals surface area contributed by atoms with E-state index in [0.29, 0.717) is 35.5 Å². The zero-order chi connectivity index (χ0) is 24.4. The molecule has 0 amide bonds. The van der Waals surface area contributed by atoms with Gasteiger partial charge in [-0.15, -0.1) is 0 Å². The zero-order valence-electron chi connectivity index (χ0n) is 21.5. The van der Waals surface area contributed by atoms with Gasteiger partial charge in [0.2, 0.25) is 0 Å². The van der Waals surface area contributed by atoms with E-state index in [1.54, 1.807) is 0 Å². The Labute approximate surface area is 199 Å². The lowest BCUT2D eigenvalue weighted by Crippen LogP contribution is -2.59. The van der Waals surface area contributed by atoms with E-state index in [0.717, 1.165) is 32.1 Å². The summed E-state index contributed by atoms with van der Waals surface area (Å²) in [7, 11) is 0. The highest BCUT2D eigenvalue weighted by Gasteiger charge is 2.64. The molecule has 2 N–H and O–H groups in total. The van der Waals surface area contributed by atoms with E-state index in [4.69, 9.17) is 0 Å². The molecule has 2 nitrogen and oxygen atoms in total. The second-order valence-electron chi connectivity index (χ2n) is 14.0. The lowest BCUT2D eigenvalue weighted by molar-refractivity contribution is -0.290. The summed E-state index contributed by atoms with van der Waals surface area (Å²) >= 11 is 0. The molecule has 4 aliphatic rings. The van der Waals surface area contributed by atoms with Crippen LogP contribution in [-0.4, -0.2) is 28.1 Å². The third kappa shape index (κ3) is 4.30. The summed E-state index contributed by atoms with van der Waals surface area (Å²) in [5.74, 6) is 2.53.